The van der Waals surface area contributed by atoms with Gasteiger partial charge in [-0.05, 0) is 25.8 Å². The molecule has 1 atom stereocenters. The maximum atomic E-state index is 4.53. The third-order valence-electron chi connectivity index (χ3n) is 2.71. The Hall–Kier alpha value is -0.100. The van der Waals surface area contributed by atoms with Crippen molar-refractivity contribution in [1.29, 1.82) is 0 Å². The Balaban J connectivity index is 2.47. The Kier molecular flexibility index (Phi) is 5.75. The Bertz CT molecular complexity index is 307. The molecule has 1 N–H and O–H groups in total. The molecule has 92 valence electrons. The highest BCUT2D eigenvalue weighted by Gasteiger charge is 2.11. The molecule has 0 aliphatic rings. The second kappa shape index (κ2) is 6.59. The minimum atomic E-state index is 0.444. The number of nitrogens with zero attached hydrogens (tertiary/aromatic N) is 2. The van der Waals surface area contributed by atoms with Crippen LogP contribution < -0.4 is 5.32 Å². The van der Waals surface area contributed by atoms with Crippen LogP contribution in [0.1, 0.15) is 39.4 Å². The zero-order chi connectivity index (χ0) is 12.1. The van der Waals surface area contributed by atoms with Crippen LogP contribution in [0, 0.1) is 5.92 Å². The van der Waals surface area contributed by atoms with Crippen molar-refractivity contribution in [2.45, 2.75) is 46.3 Å². The van der Waals surface area contributed by atoms with E-state index in [4.69, 9.17) is 0 Å². The second-order valence-corrected chi connectivity index (χ2v) is 5.65. The van der Waals surface area contributed by atoms with Crippen molar-refractivity contribution in [2.75, 3.05) is 4.43 Å². The van der Waals surface area contributed by atoms with E-state index < -0.39 is 0 Å². The summed E-state index contributed by atoms with van der Waals surface area (Å²) in [4.78, 5) is 0. The van der Waals surface area contributed by atoms with Crippen molar-refractivity contribution >= 4 is 22.6 Å². The third kappa shape index (κ3) is 4.05. The average molecular weight is 335 g/mol. The number of hydrogen-bond donors (Lipinski definition) is 1. The number of aromatic nitrogens is 2. The number of hydrogen-bond acceptors (Lipinski definition) is 2. The minimum Gasteiger partial charge on any atom is -0.307 e. The average Bonchev–Trinajstić information content (AvgIpc) is 2.67. The van der Waals surface area contributed by atoms with Gasteiger partial charge in [0.2, 0.25) is 0 Å². The molecule has 0 saturated carbocycles. The minimum absolute atomic E-state index is 0.444. The van der Waals surface area contributed by atoms with E-state index >= 15 is 0 Å². The molecular formula is C12H22IN3. The molecule has 0 amide bonds. The molecule has 1 aromatic heterocycles. The van der Waals surface area contributed by atoms with E-state index in [2.05, 4.69) is 73.0 Å². The van der Waals surface area contributed by atoms with Crippen LogP contribution >= 0.6 is 22.6 Å². The summed E-state index contributed by atoms with van der Waals surface area (Å²) in [6.45, 7) is 9.66. The van der Waals surface area contributed by atoms with Crippen molar-refractivity contribution in [3.05, 3.63) is 18.0 Å². The van der Waals surface area contributed by atoms with E-state index in [-0.39, 0.29) is 0 Å². The first-order valence-corrected chi connectivity index (χ1v) is 7.40. The van der Waals surface area contributed by atoms with Crippen molar-refractivity contribution < 1.29 is 0 Å². The van der Waals surface area contributed by atoms with Gasteiger partial charge in [0, 0.05) is 29.3 Å². The summed E-state index contributed by atoms with van der Waals surface area (Å²) in [7, 11) is 0. The summed E-state index contributed by atoms with van der Waals surface area (Å²) in [6, 6.07) is 3.11. The summed E-state index contributed by atoms with van der Waals surface area (Å²) in [6.07, 6.45) is 2.05. The maximum Gasteiger partial charge on any atom is 0.0762 e. The molecule has 0 aromatic carbocycles. The van der Waals surface area contributed by atoms with E-state index in [1.165, 1.54) is 0 Å². The fraction of sp³-hybridized carbons (Fsp3) is 0.750. The van der Waals surface area contributed by atoms with Gasteiger partial charge in [-0.3, -0.25) is 4.68 Å². The molecule has 1 aromatic rings. The molecule has 3 nitrogen and oxygen atoms in total. The molecule has 1 heterocycles. The predicted octanol–water partition coefficient (Wildman–Crippen LogP) is 3.01. The molecule has 0 fully saturated rings. The normalized spacial score (nSPS) is 13.7. The van der Waals surface area contributed by atoms with Crippen LogP contribution in [0.4, 0.5) is 0 Å². The SMILES string of the molecule is CC(C)C(CI)NCc1ccn(C(C)C)n1. The summed E-state index contributed by atoms with van der Waals surface area (Å²) >= 11 is 2.44. The first kappa shape index (κ1) is 14.0. The van der Waals surface area contributed by atoms with Crippen LogP contribution in [0.5, 0.6) is 0 Å². The molecule has 16 heavy (non-hydrogen) atoms. The topological polar surface area (TPSA) is 29.9 Å². The molecule has 4 heteroatoms. The van der Waals surface area contributed by atoms with Gasteiger partial charge in [0.05, 0.1) is 5.69 Å². The van der Waals surface area contributed by atoms with Gasteiger partial charge in [-0.2, -0.15) is 5.10 Å². The first-order valence-electron chi connectivity index (χ1n) is 5.88. The molecule has 1 rings (SSSR count). The van der Waals surface area contributed by atoms with Gasteiger partial charge in [-0.1, -0.05) is 36.4 Å². The number of nitrogens with one attached hydrogen (secondary N) is 1. The lowest BCUT2D eigenvalue weighted by atomic mass is 10.1. The fourth-order valence-electron chi connectivity index (χ4n) is 1.46. The zero-order valence-corrected chi connectivity index (χ0v) is 12.7. The standard InChI is InChI=1S/C12H22IN3/c1-9(2)12(7-13)14-8-11-5-6-16(15-11)10(3)4/h5-6,9-10,12,14H,7-8H2,1-4H3. The highest BCUT2D eigenvalue weighted by atomic mass is 127. The molecule has 0 aliphatic carbocycles. The van der Waals surface area contributed by atoms with Crippen LogP contribution in [-0.2, 0) is 6.54 Å². The second-order valence-electron chi connectivity index (χ2n) is 4.77. The Morgan fingerprint density at radius 3 is 2.50 bits per heavy atom. The predicted molar refractivity (Wildman–Crippen MR) is 77.0 cm³/mol. The zero-order valence-electron chi connectivity index (χ0n) is 10.6. The summed E-state index contributed by atoms with van der Waals surface area (Å²) < 4.78 is 3.14. The molecular weight excluding hydrogens is 313 g/mol. The lowest BCUT2D eigenvalue weighted by Crippen LogP contribution is -2.34. The third-order valence-corrected chi connectivity index (χ3v) is 3.66. The molecule has 0 aliphatic heterocycles. The quantitative estimate of drug-likeness (QED) is 0.640. The van der Waals surface area contributed by atoms with Crippen LogP contribution in [0.3, 0.4) is 0 Å². The number of rotatable bonds is 6. The van der Waals surface area contributed by atoms with Crippen molar-refractivity contribution in [2.24, 2.45) is 5.92 Å². The van der Waals surface area contributed by atoms with Crippen molar-refractivity contribution in [3.8, 4) is 0 Å². The smallest absolute Gasteiger partial charge is 0.0762 e. The number of halogens is 1. The highest BCUT2D eigenvalue weighted by Crippen LogP contribution is 2.08. The lowest BCUT2D eigenvalue weighted by molar-refractivity contribution is 0.430. The van der Waals surface area contributed by atoms with E-state index in [9.17, 15) is 0 Å². The van der Waals surface area contributed by atoms with Crippen molar-refractivity contribution in [3.63, 3.8) is 0 Å². The van der Waals surface area contributed by atoms with E-state index in [0.29, 0.717) is 18.0 Å². The van der Waals surface area contributed by atoms with E-state index in [1.54, 1.807) is 0 Å². The lowest BCUT2D eigenvalue weighted by Gasteiger charge is -2.19. The molecule has 0 radical (unpaired) electrons. The first-order chi connectivity index (χ1) is 7.54. The van der Waals surface area contributed by atoms with Gasteiger partial charge in [-0.25, -0.2) is 0 Å². The van der Waals surface area contributed by atoms with Crippen molar-refractivity contribution in [1.82, 2.24) is 15.1 Å². The monoisotopic (exact) mass is 335 g/mol. The van der Waals surface area contributed by atoms with Gasteiger partial charge >= 0.3 is 0 Å². The van der Waals surface area contributed by atoms with Crippen LogP contribution in [0.15, 0.2) is 12.3 Å². The van der Waals surface area contributed by atoms with Gasteiger partial charge in [0.1, 0.15) is 0 Å². The van der Waals surface area contributed by atoms with Gasteiger partial charge in [-0.15, -0.1) is 0 Å². The molecule has 1 unspecified atom stereocenters. The van der Waals surface area contributed by atoms with E-state index in [1.807, 2.05) is 4.68 Å². The fourth-order valence-corrected chi connectivity index (χ4v) is 2.79. The van der Waals surface area contributed by atoms with E-state index in [0.717, 1.165) is 16.7 Å². The Morgan fingerprint density at radius 1 is 1.38 bits per heavy atom. The molecule has 0 bridgehead atoms. The van der Waals surface area contributed by atoms with Gasteiger partial charge in [0.15, 0.2) is 0 Å². The Labute approximate surface area is 112 Å². The largest absolute Gasteiger partial charge is 0.307 e. The number of alkyl halides is 1. The molecule has 0 spiro atoms. The van der Waals surface area contributed by atoms with Gasteiger partial charge < -0.3 is 5.32 Å². The highest BCUT2D eigenvalue weighted by molar-refractivity contribution is 14.1. The molecule has 0 saturated heterocycles. The van der Waals surface area contributed by atoms with Crippen LogP contribution in [0.2, 0.25) is 0 Å². The Morgan fingerprint density at radius 2 is 2.06 bits per heavy atom. The van der Waals surface area contributed by atoms with Crippen LogP contribution in [-0.4, -0.2) is 20.2 Å². The summed E-state index contributed by atoms with van der Waals surface area (Å²) in [5.41, 5.74) is 1.13. The summed E-state index contributed by atoms with van der Waals surface area (Å²) in [5.74, 6) is 0.670. The van der Waals surface area contributed by atoms with Crippen LogP contribution in [0.25, 0.3) is 0 Å². The van der Waals surface area contributed by atoms with Gasteiger partial charge in [0.25, 0.3) is 0 Å². The summed E-state index contributed by atoms with van der Waals surface area (Å²) in [5, 5.41) is 8.08. The maximum absolute atomic E-state index is 4.53.